The molecule has 1 N–H and O–H groups in total. The first-order valence-corrected chi connectivity index (χ1v) is 4.80. The Bertz CT molecular complexity index is 437. The summed E-state index contributed by atoms with van der Waals surface area (Å²) in [4.78, 5) is 11.5. The third kappa shape index (κ3) is 2.80. The molecule has 1 aromatic rings. The zero-order valence-electron chi connectivity index (χ0n) is 8.76. The van der Waals surface area contributed by atoms with E-state index in [4.69, 9.17) is 6.42 Å². The van der Waals surface area contributed by atoms with Crippen LogP contribution >= 0.6 is 0 Å². The molecule has 0 radical (unpaired) electrons. The number of hydrogen-bond donors (Lipinski definition) is 1. The molecule has 1 aromatic carbocycles. The molecule has 1 unspecified atom stereocenters. The van der Waals surface area contributed by atoms with Crippen molar-refractivity contribution in [2.45, 2.75) is 19.4 Å². The number of carbonyl (C=O) groups is 1. The van der Waals surface area contributed by atoms with E-state index in [1.165, 1.54) is 0 Å². The summed E-state index contributed by atoms with van der Waals surface area (Å²) in [5.41, 5.74) is -0.339. The number of halogens is 2. The van der Waals surface area contributed by atoms with Crippen LogP contribution in [0.1, 0.15) is 23.7 Å². The fourth-order valence-electron chi connectivity index (χ4n) is 1.17. The lowest BCUT2D eigenvalue weighted by molar-refractivity contribution is 0.0940. The summed E-state index contributed by atoms with van der Waals surface area (Å²) in [6, 6.07) is 2.22. The number of nitrogens with one attached hydrogen (secondary N) is 1. The molecule has 0 saturated heterocycles. The molecule has 1 atom stereocenters. The van der Waals surface area contributed by atoms with E-state index in [9.17, 15) is 13.6 Å². The average Bonchev–Trinajstić information content (AvgIpc) is 2.28. The van der Waals surface area contributed by atoms with Gasteiger partial charge in [0.2, 0.25) is 0 Å². The predicted octanol–water partition coefficient (Wildman–Crippen LogP) is 2.11. The average molecular weight is 223 g/mol. The molecule has 1 rings (SSSR count). The maximum Gasteiger partial charge on any atom is 0.255 e. The van der Waals surface area contributed by atoms with Crippen molar-refractivity contribution in [3.8, 4) is 12.3 Å². The van der Waals surface area contributed by atoms with E-state index >= 15 is 0 Å². The van der Waals surface area contributed by atoms with Crippen LogP contribution in [0.3, 0.4) is 0 Å². The normalized spacial score (nSPS) is 11.6. The van der Waals surface area contributed by atoms with Crippen molar-refractivity contribution in [2.24, 2.45) is 0 Å². The zero-order chi connectivity index (χ0) is 12.1. The molecule has 0 saturated carbocycles. The molecule has 1 amide bonds. The molecular weight excluding hydrogens is 212 g/mol. The number of terminal acetylenes is 1. The van der Waals surface area contributed by atoms with Crippen molar-refractivity contribution in [1.82, 2.24) is 5.32 Å². The minimum absolute atomic E-state index is 0.339. The van der Waals surface area contributed by atoms with Gasteiger partial charge < -0.3 is 5.32 Å². The van der Waals surface area contributed by atoms with Gasteiger partial charge in [0.05, 0.1) is 11.6 Å². The number of amides is 1. The zero-order valence-corrected chi connectivity index (χ0v) is 8.76. The highest BCUT2D eigenvalue weighted by atomic mass is 19.1. The minimum Gasteiger partial charge on any atom is -0.338 e. The molecule has 84 valence electrons. The molecule has 0 aromatic heterocycles. The van der Waals surface area contributed by atoms with Crippen molar-refractivity contribution in [3.63, 3.8) is 0 Å². The molecule has 16 heavy (non-hydrogen) atoms. The van der Waals surface area contributed by atoms with E-state index in [0.717, 1.165) is 18.2 Å². The summed E-state index contributed by atoms with van der Waals surface area (Å²) in [5, 5.41) is 2.42. The lowest BCUT2D eigenvalue weighted by atomic mass is 10.1. The smallest absolute Gasteiger partial charge is 0.255 e. The Morgan fingerprint density at radius 1 is 1.56 bits per heavy atom. The van der Waals surface area contributed by atoms with Crippen molar-refractivity contribution < 1.29 is 13.6 Å². The van der Waals surface area contributed by atoms with Crippen molar-refractivity contribution >= 4 is 5.91 Å². The monoisotopic (exact) mass is 223 g/mol. The lowest BCUT2D eigenvalue weighted by Gasteiger charge is -2.10. The highest BCUT2D eigenvalue weighted by molar-refractivity contribution is 5.94. The van der Waals surface area contributed by atoms with Gasteiger partial charge in [0.15, 0.2) is 0 Å². The van der Waals surface area contributed by atoms with E-state index in [1.54, 1.807) is 6.92 Å². The summed E-state index contributed by atoms with van der Waals surface area (Å²) in [7, 11) is 0. The Morgan fingerprint density at radius 3 is 2.81 bits per heavy atom. The number of benzene rings is 1. The van der Waals surface area contributed by atoms with Crippen LogP contribution in [-0.4, -0.2) is 11.9 Å². The lowest BCUT2D eigenvalue weighted by Crippen LogP contribution is -2.33. The second-order valence-corrected chi connectivity index (χ2v) is 3.23. The van der Waals surface area contributed by atoms with Crippen LogP contribution in [0.4, 0.5) is 8.78 Å². The maximum atomic E-state index is 13.2. The Morgan fingerprint density at radius 2 is 2.25 bits per heavy atom. The molecular formula is C12H11F2NO. The van der Waals surface area contributed by atoms with E-state index in [1.807, 2.05) is 0 Å². The van der Waals surface area contributed by atoms with Gasteiger partial charge in [-0.15, -0.1) is 6.42 Å². The first kappa shape index (κ1) is 12.2. The second kappa shape index (κ2) is 5.26. The van der Waals surface area contributed by atoms with Gasteiger partial charge in [0.25, 0.3) is 5.91 Å². The number of rotatable bonds is 3. The molecule has 0 heterocycles. The van der Waals surface area contributed by atoms with Gasteiger partial charge in [-0.1, -0.05) is 12.8 Å². The van der Waals surface area contributed by atoms with Gasteiger partial charge in [-0.3, -0.25) is 4.79 Å². The van der Waals surface area contributed by atoms with Crippen LogP contribution < -0.4 is 5.32 Å². The molecule has 0 aliphatic heterocycles. The minimum atomic E-state index is -0.772. The molecule has 2 nitrogen and oxygen atoms in total. The summed E-state index contributed by atoms with van der Waals surface area (Å²) in [6.45, 7) is 1.78. The van der Waals surface area contributed by atoms with E-state index in [0.29, 0.717) is 6.42 Å². The van der Waals surface area contributed by atoms with Crippen LogP contribution in [0.25, 0.3) is 0 Å². The maximum absolute atomic E-state index is 13.2. The van der Waals surface area contributed by atoms with Crippen LogP contribution in [0.5, 0.6) is 0 Å². The Kier molecular flexibility index (Phi) is 4.01. The van der Waals surface area contributed by atoms with Gasteiger partial charge in [-0.2, -0.15) is 0 Å². The number of carbonyl (C=O) groups excluding carboxylic acids is 1. The van der Waals surface area contributed by atoms with Crippen LogP contribution in [0.15, 0.2) is 18.2 Å². The molecule has 4 heteroatoms. The van der Waals surface area contributed by atoms with Gasteiger partial charge in [-0.05, 0) is 24.6 Å². The van der Waals surface area contributed by atoms with Crippen molar-refractivity contribution in [3.05, 3.63) is 35.4 Å². The fourth-order valence-corrected chi connectivity index (χ4v) is 1.17. The summed E-state index contributed by atoms with van der Waals surface area (Å²) < 4.78 is 26.0. The highest BCUT2D eigenvalue weighted by Crippen LogP contribution is 2.09. The summed E-state index contributed by atoms with van der Waals surface area (Å²) in [6.07, 6.45) is 5.67. The Hall–Kier alpha value is -1.89. The summed E-state index contributed by atoms with van der Waals surface area (Å²) >= 11 is 0. The third-order valence-electron chi connectivity index (χ3n) is 2.09. The Balaban J connectivity index is 2.89. The van der Waals surface area contributed by atoms with Crippen LogP contribution in [-0.2, 0) is 0 Å². The van der Waals surface area contributed by atoms with Gasteiger partial charge >= 0.3 is 0 Å². The fraction of sp³-hybridized carbons (Fsp3) is 0.250. The SMILES string of the molecule is C#CC(CC)NC(=O)c1cc(F)ccc1F. The molecule has 0 aliphatic carbocycles. The topological polar surface area (TPSA) is 29.1 Å². The largest absolute Gasteiger partial charge is 0.338 e. The highest BCUT2D eigenvalue weighted by Gasteiger charge is 2.14. The van der Waals surface area contributed by atoms with Crippen molar-refractivity contribution in [1.29, 1.82) is 0 Å². The van der Waals surface area contributed by atoms with Crippen molar-refractivity contribution in [2.75, 3.05) is 0 Å². The third-order valence-corrected chi connectivity index (χ3v) is 2.09. The van der Waals surface area contributed by atoms with E-state index in [-0.39, 0.29) is 5.56 Å². The Labute approximate surface area is 92.7 Å². The number of hydrogen-bond acceptors (Lipinski definition) is 1. The van der Waals surface area contributed by atoms with Crippen LogP contribution in [0, 0.1) is 24.0 Å². The van der Waals surface area contributed by atoms with Gasteiger partial charge in [0.1, 0.15) is 11.6 Å². The first-order chi connectivity index (χ1) is 7.58. The molecule has 0 spiro atoms. The van der Waals surface area contributed by atoms with E-state index < -0.39 is 23.6 Å². The van der Waals surface area contributed by atoms with Crippen LogP contribution in [0.2, 0.25) is 0 Å². The quantitative estimate of drug-likeness (QED) is 0.781. The molecule has 0 aliphatic rings. The first-order valence-electron chi connectivity index (χ1n) is 4.80. The standard InChI is InChI=1S/C12H11F2NO/c1-3-9(4-2)15-12(16)10-7-8(13)5-6-11(10)14/h1,5-7,9H,4H2,2H3,(H,15,16). The second-order valence-electron chi connectivity index (χ2n) is 3.23. The van der Waals surface area contributed by atoms with Gasteiger partial charge in [0, 0.05) is 0 Å². The van der Waals surface area contributed by atoms with E-state index in [2.05, 4.69) is 11.2 Å². The van der Waals surface area contributed by atoms with Gasteiger partial charge in [-0.25, -0.2) is 8.78 Å². The predicted molar refractivity (Wildman–Crippen MR) is 56.7 cm³/mol. The summed E-state index contributed by atoms with van der Waals surface area (Å²) in [5.74, 6) is 0.193. The molecule has 0 bridgehead atoms. The molecule has 0 fully saturated rings.